The Bertz CT molecular complexity index is 241. The molecule has 0 heterocycles. The van der Waals surface area contributed by atoms with Crippen molar-refractivity contribution in [2.45, 2.75) is 18.7 Å². The molecule has 0 aliphatic rings. The molecule has 60 valence electrons. The van der Waals surface area contributed by atoms with Gasteiger partial charge >= 0.3 is 71.1 Å². The van der Waals surface area contributed by atoms with Crippen LogP contribution in [0.25, 0.3) is 0 Å². The van der Waals surface area contributed by atoms with Gasteiger partial charge in [0, 0.05) is 0 Å². The summed E-state index contributed by atoms with van der Waals surface area (Å²) in [5.74, 6) is 0. The molecule has 1 aromatic carbocycles. The Balaban J connectivity index is 2.86. The summed E-state index contributed by atoms with van der Waals surface area (Å²) in [6.45, 7) is 4.01. The SMILES string of the molecule is CC(C)[Se](=O)c1ccccc1. The Kier molecular flexibility index (Phi) is 2.98. The van der Waals surface area contributed by atoms with Crippen molar-refractivity contribution in [1.29, 1.82) is 0 Å². The summed E-state index contributed by atoms with van der Waals surface area (Å²) in [6.07, 6.45) is 0. The third kappa shape index (κ3) is 2.25. The van der Waals surface area contributed by atoms with E-state index in [9.17, 15) is 3.83 Å². The van der Waals surface area contributed by atoms with Gasteiger partial charge in [0.1, 0.15) is 0 Å². The van der Waals surface area contributed by atoms with E-state index < -0.39 is 13.8 Å². The minimum atomic E-state index is -1.75. The molecule has 2 heteroatoms. The molecule has 0 aliphatic carbocycles. The zero-order valence-electron chi connectivity index (χ0n) is 6.78. The van der Waals surface area contributed by atoms with Crippen LogP contribution in [0.1, 0.15) is 13.8 Å². The third-order valence-corrected chi connectivity index (χ3v) is 4.75. The molecule has 1 rings (SSSR count). The second-order valence-electron chi connectivity index (χ2n) is 2.66. The van der Waals surface area contributed by atoms with Gasteiger partial charge in [0.15, 0.2) is 0 Å². The predicted octanol–water partition coefficient (Wildman–Crippen LogP) is 1.73. The van der Waals surface area contributed by atoms with Crippen LogP contribution in [0.3, 0.4) is 0 Å². The van der Waals surface area contributed by atoms with Crippen LogP contribution < -0.4 is 4.46 Å². The first-order chi connectivity index (χ1) is 5.22. The predicted molar refractivity (Wildman–Crippen MR) is 47.6 cm³/mol. The van der Waals surface area contributed by atoms with Gasteiger partial charge in [-0.25, -0.2) is 0 Å². The normalized spacial score (nSPS) is 13.4. The maximum atomic E-state index is 11.6. The van der Waals surface area contributed by atoms with Crippen molar-refractivity contribution in [2.75, 3.05) is 0 Å². The molecule has 0 fully saturated rings. The Hall–Kier alpha value is -0.461. The van der Waals surface area contributed by atoms with Gasteiger partial charge in [0.05, 0.1) is 0 Å². The van der Waals surface area contributed by atoms with Crippen LogP contribution in [0.4, 0.5) is 0 Å². The molecule has 1 atom stereocenters. The summed E-state index contributed by atoms with van der Waals surface area (Å²) < 4.78 is 12.6. The van der Waals surface area contributed by atoms with Crippen molar-refractivity contribution in [3.05, 3.63) is 30.3 Å². The van der Waals surface area contributed by atoms with Crippen LogP contribution in [0, 0.1) is 0 Å². The Morgan fingerprint density at radius 3 is 2.18 bits per heavy atom. The molecule has 0 N–H and O–H groups in total. The van der Waals surface area contributed by atoms with Gasteiger partial charge in [-0.05, 0) is 0 Å². The molecule has 11 heavy (non-hydrogen) atoms. The van der Waals surface area contributed by atoms with Gasteiger partial charge in [-0.1, -0.05) is 0 Å². The Labute approximate surface area is 71.5 Å². The molecule has 1 aromatic rings. The molecular weight excluding hydrogens is 203 g/mol. The number of hydrogen-bond acceptors (Lipinski definition) is 1. The molecule has 1 nitrogen and oxygen atoms in total. The number of rotatable bonds is 2. The van der Waals surface area contributed by atoms with Crippen molar-refractivity contribution in [2.24, 2.45) is 0 Å². The molecule has 0 spiro atoms. The van der Waals surface area contributed by atoms with Crippen LogP contribution in [0.15, 0.2) is 30.3 Å². The monoisotopic (exact) mass is 216 g/mol. The van der Waals surface area contributed by atoms with E-state index in [4.69, 9.17) is 0 Å². The van der Waals surface area contributed by atoms with Crippen LogP contribution in [0.2, 0.25) is 4.82 Å². The topological polar surface area (TPSA) is 17.1 Å². The summed E-state index contributed by atoms with van der Waals surface area (Å²) in [5, 5.41) is 0. The molecule has 0 saturated carbocycles. The average Bonchev–Trinajstić information content (AvgIpc) is 2.05. The fourth-order valence-electron chi connectivity index (χ4n) is 0.827. The molecule has 0 aromatic heterocycles. The van der Waals surface area contributed by atoms with Crippen molar-refractivity contribution >= 4 is 18.3 Å². The summed E-state index contributed by atoms with van der Waals surface area (Å²) in [4.78, 5) is 0.303. The van der Waals surface area contributed by atoms with E-state index in [1.807, 2.05) is 44.2 Å². The standard InChI is InChI=1S/C9H12OSe/c1-8(2)11(10)9-6-4-3-5-7-9/h3-8H,1-2H3. The molecular formula is C9H12OSe. The first kappa shape index (κ1) is 8.63. The van der Waals surface area contributed by atoms with Crippen molar-refractivity contribution < 1.29 is 3.83 Å². The van der Waals surface area contributed by atoms with E-state index in [1.165, 1.54) is 0 Å². The quantitative estimate of drug-likeness (QED) is 0.686. The summed E-state index contributed by atoms with van der Waals surface area (Å²) >= 11 is -1.75. The van der Waals surface area contributed by atoms with E-state index in [2.05, 4.69) is 0 Å². The molecule has 0 saturated heterocycles. The summed E-state index contributed by atoms with van der Waals surface area (Å²) in [5.41, 5.74) is 0. The fraction of sp³-hybridized carbons (Fsp3) is 0.333. The first-order valence-electron chi connectivity index (χ1n) is 3.67. The van der Waals surface area contributed by atoms with E-state index in [0.29, 0.717) is 4.82 Å². The van der Waals surface area contributed by atoms with E-state index in [-0.39, 0.29) is 0 Å². The van der Waals surface area contributed by atoms with Crippen molar-refractivity contribution in [3.63, 3.8) is 0 Å². The molecule has 0 radical (unpaired) electrons. The Morgan fingerprint density at radius 1 is 1.18 bits per heavy atom. The second-order valence-corrected chi connectivity index (χ2v) is 6.87. The second kappa shape index (κ2) is 3.79. The number of hydrogen-bond donors (Lipinski definition) is 0. The van der Waals surface area contributed by atoms with Gasteiger partial charge < -0.3 is 0 Å². The molecule has 0 aliphatic heterocycles. The fourth-order valence-corrected chi connectivity index (χ4v) is 2.86. The van der Waals surface area contributed by atoms with Crippen LogP contribution >= 0.6 is 0 Å². The van der Waals surface area contributed by atoms with Gasteiger partial charge in [-0.2, -0.15) is 0 Å². The summed E-state index contributed by atoms with van der Waals surface area (Å²) in [7, 11) is 0. The van der Waals surface area contributed by atoms with E-state index in [1.54, 1.807) is 0 Å². The van der Waals surface area contributed by atoms with Crippen molar-refractivity contribution in [3.8, 4) is 0 Å². The molecule has 0 bridgehead atoms. The van der Waals surface area contributed by atoms with Crippen LogP contribution in [-0.4, -0.2) is 13.8 Å². The van der Waals surface area contributed by atoms with Crippen LogP contribution in [-0.2, 0) is 3.83 Å². The zero-order chi connectivity index (χ0) is 8.27. The third-order valence-electron chi connectivity index (χ3n) is 1.40. The van der Waals surface area contributed by atoms with Crippen LogP contribution in [0.5, 0.6) is 0 Å². The van der Waals surface area contributed by atoms with E-state index >= 15 is 0 Å². The Morgan fingerprint density at radius 2 is 1.73 bits per heavy atom. The number of benzene rings is 1. The average molecular weight is 215 g/mol. The van der Waals surface area contributed by atoms with E-state index in [0.717, 1.165) is 4.46 Å². The van der Waals surface area contributed by atoms with Crippen molar-refractivity contribution in [1.82, 2.24) is 0 Å². The molecule has 1 unspecified atom stereocenters. The first-order valence-corrected chi connectivity index (χ1v) is 6.22. The minimum absolute atomic E-state index is 0.303. The zero-order valence-corrected chi connectivity index (χ0v) is 8.49. The van der Waals surface area contributed by atoms with Gasteiger partial charge in [0.25, 0.3) is 0 Å². The molecule has 0 amide bonds. The van der Waals surface area contributed by atoms with Gasteiger partial charge in [0.2, 0.25) is 0 Å². The van der Waals surface area contributed by atoms with Gasteiger partial charge in [-0.3, -0.25) is 0 Å². The maximum absolute atomic E-state index is 11.6. The summed E-state index contributed by atoms with van der Waals surface area (Å²) in [6, 6.07) is 9.70. The van der Waals surface area contributed by atoms with Gasteiger partial charge in [-0.15, -0.1) is 0 Å².